The van der Waals surface area contributed by atoms with Crippen LogP contribution in [-0.2, 0) is 13.0 Å². The number of amides is 1. The lowest BCUT2D eigenvalue weighted by atomic mass is 10.0. The van der Waals surface area contributed by atoms with Crippen molar-refractivity contribution < 1.29 is 14.3 Å². The van der Waals surface area contributed by atoms with Gasteiger partial charge in [0.25, 0.3) is 5.91 Å². The fourth-order valence-electron chi connectivity index (χ4n) is 4.01. The molecule has 0 saturated carbocycles. The fraction of sp³-hybridized carbons (Fsp3) is 0.304. The molecule has 30 heavy (non-hydrogen) atoms. The van der Waals surface area contributed by atoms with E-state index in [-0.39, 0.29) is 11.9 Å². The summed E-state index contributed by atoms with van der Waals surface area (Å²) >= 11 is 6.12. The summed E-state index contributed by atoms with van der Waals surface area (Å²) in [6, 6.07) is 15.2. The van der Waals surface area contributed by atoms with Crippen molar-refractivity contribution in [2.75, 3.05) is 13.2 Å². The average Bonchev–Trinajstić information content (AvgIpc) is 2.97. The Morgan fingerprint density at radius 3 is 2.87 bits per heavy atom. The molecule has 0 aliphatic carbocycles. The maximum Gasteiger partial charge on any atom is 0.272 e. The molecule has 1 atom stereocenters. The third-order valence-electron chi connectivity index (χ3n) is 5.45. The van der Waals surface area contributed by atoms with Gasteiger partial charge in [0.05, 0.1) is 18.2 Å². The lowest BCUT2D eigenvalue weighted by molar-refractivity contribution is 0.0910. The molecule has 7 heteroatoms. The highest BCUT2D eigenvalue weighted by Crippen LogP contribution is 2.35. The Hall–Kier alpha value is -2.99. The molecule has 0 spiro atoms. The summed E-state index contributed by atoms with van der Waals surface area (Å²) in [5.74, 6) is 1.26. The summed E-state index contributed by atoms with van der Waals surface area (Å²) in [5, 5.41) is 8.38. The molecule has 0 unspecified atom stereocenters. The van der Waals surface area contributed by atoms with Crippen LogP contribution in [0.3, 0.4) is 0 Å². The van der Waals surface area contributed by atoms with E-state index in [9.17, 15) is 4.79 Å². The van der Waals surface area contributed by atoms with Gasteiger partial charge in [-0.05, 0) is 48.6 Å². The van der Waals surface area contributed by atoms with Gasteiger partial charge in [-0.2, -0.15) is 5.10 Å². The van der Waals surface area contributed by atoms with Crippen molar-refractivity contribution in [1.82, 2.24) is 15.1 Å². The molecule has 3 heterocycles. The molecule has 0 radical (unpaired) electrons. The monoisotopic (exact) mass is 423 g/mol. The molecule has 0 bridgehead atoms. The van der Waals surface area contributed by atoms with E-state index in [1.807, 2.05) is 53.2 Å². The third kappa shape index (κ3) is 3.63. The third-order valence-corrected chi connectivity index (χ3v) is 5.69. The van der Waals surface area contributed by atoms with Gasteiger partial charge >= 0.3 is 0 Å². The zero-order valence-electron chi connectivity index (χ0n) is 16.4. The first kappa shape index (κ1) is 19.0. The smallest absolute Gasteiger partial charge is 0.272 e. The van der Waals surface area contributed by atoms with Crippen LogP contribution in [0.5, 0.6) is 11.6 Å². The fourth-order valence-corrected chi connectivity index (χ4v) is 4.21. The van der Waals surface area contributed by atoms with Crippen molar-refractivity contribution in [3.63, 3.8) is 0 Å². The van der Waals surface area contributed by atoms with Crippen LogP contribution in [0.4, 0.5) is 0 Å². The Bertz CT molecular complexity index is 1080. The molecule has 0 saturated heterocycles. The van der Waals surface area contributed by atoms with Crippen LogP contribution in [-0.4, -0.2) is 34.9 Å². The molecule has 2 aromatic carbocycles. The number of benzene rings is 2. The minimum atomic E-state index is -0.225. The second kappa shape index (κ2) is 8.03. The highest BCUT2D eigenvalue weighted by Gasteiger charge is 2.29. The Labute approximate surface area is 179 Å². The lowest BCUT2D eigenvalue weighted by Gasteiger charge is -2.26. The summed E-state index contributed by atoms with van der Waals surface area (Å²) in [6.45, 7) is 1.77. The largest absolute Gasteiger partial charge is 0.491 e. The van der Waals surface area contributed by atoms with E-state index in [2.05, 4.69) is 10.4 Å². The second-order valence-corrected chi connectivity index (χ2v) is 8.05. The Balaban J connectivity index is 1.44. The zero-order valence-corrected chi connectivity index (χ0v) is 17.2. The predicted molar refractivity (Wildman–Crippen MR) is 114 cm³/mol. The predicted octanol–water partition coefficient (Wildman–Crippen LogP) is 4.11. The van der Waals surface area contributed by atoms with E-state index in [0.29, 0.717) is 36.2 Å². The van der Waals surface area contributed by atoms with Crippen molar-refractivity contribution in [1.29, 1.82) is 0 Å². The molecule has 1 aromatic heterocycles. The Morgan fingerprint density at radius 2 is 2.00 bits per heavy atom. The minimum absolute atomic E-state index is 0.158. The first-order valence-corrected chi connectivity index (χ1v) is 10.6. The quantitative estimate of drug-likeness (QED) is 0.688. The van der Waals surface area contributed by atoms with Gasteiger partial charge in [0.15, 0.2) is 5.69 Å². The van der Waals surface area contributed by atoms with Gasteiger partial charge < -0.3 is 14.8 Å². The highest BCUT2D eigenvalue weighted by atomic mass is 35.5. The number of fused-ring (bicyclic) bond motifs is 2. The summed E-state index contributed by atoms with van der Waals surface area (Å²) in [5.41, 5.74) is 3.04. The zero-order chi connectivity index (χ0) is 20.5. The van der Waals surface area contributed by atoms with Crippen LogP contribution >= 0.6 is 11.6 Å². The highest BCUT2D eigenvalue weighted by molar-refractivity contribution is 6.30. The number of carbonyl (C=O) groups is 1. The maximum absolute atomic E-state index is 13.3. The number of carbonyl (C=O) groups excluding carboxylic acids is 1. The number of hydrogen-bond donors (Lipinski definition) is 1. The number of hydrogen-bond acceptors (Lipinski definition) is 4. The van der Waals surface area contributed by atoms with Crippen molar-refractivity contribution in [3.8, 4) is 22.8 Å². The molecule has 1 N–H and O–H groups in total. The van der Waals surface area contributed by atoms with Crippen LogP contribution < -0.4 is 14.8 Å². The molecular formula is C23H22ClN3O3. The number of halogens is 1. The molecule has 2 aliphatic heterocycles. The van der Waals surface area contributed by atoms with E-state index < -0.39 is 0 Å². The van der Waals surface area contributed by atoms with Gasteiger partial charge in [-0.3, -0.25) is 4.79 Å². The normalized spacial score (nSPS) is 17.7. The molecule has 154 valence electrons. The average molecular weight is 424 g/mol. The first-order valence-electron chi connectivity index (χ1n) is 10.2. The van der Waals surface area contributed by atoms with Crippen LogP contribution in [0.1, 0.15) is 28.9 Å². The number of aryl methyl sites for hydroxylation is 1. The number of rotatable bonds is 3. The molecule has 0 fully saturated rings. The molecule has 2 aliphatic rings. The van der Waals surface area contributed by atoms with Gasteiger partial charge in [0.2, 0.25) is 5.88 Å². The second-order valence-electron chi connectivity index (χ2n) is 7.61. The van der Waals surface area contributed by atoms with Crippen LogP contribution in [0.15, 0.2) is 48.5 Å². The topological polar surface area (TPSA) is 65.4 Å². The van der Waals surface area contributed by atoms with Gasteiger partial charge in [-0.1, -0.05) is 41.9 Å². The Morgan fingerprint density at radius 1 is 1.13 bits per heavy atom. The molecule has 5 rings (SSSR count). The maximum atomic E-state index is 13.3. The minimum Gasteiger partial charge on any atom is -0.491 e. The van der Waals surface area contributed by atoms with Gasteiger partial charge in [-0.15, -0.1) is 0 Å². The van der Waals surface area contributed by atoms with Crippen molar-refractivity contribution in [3.05, 3.63) is 64.8 Å². The molecule has 1 amide bonds. The summed E-state index contributed by atoms with van der Waals surface area (Å²) in [4.78, 5) is 13.3. The molecule has 3 aromatic rings. The number of ether oxygens (including phenoxy) is 2. The summed E-state index contributed by atoms with van der Waals surface area (Å²) in [6.07, 6.45) is 2.60. The Kier molecular flexibility index (Phi) is 5.09. The summed E-state index contributed by atoms with van der Waals surface area (Å²) in [7, 11) is 0. The summed E-state index contributed by atoms with van der Waals surface area (Å²) < 4.78 is 13.6. The number of nitrogens with one attached hydrogen (secondary N) is 1. The van der Waals surface area contributed by atoms with E-state index >= 15 is 0 Å². The van der Waals surface area contributed by atoms with E-state index in [4.69, 9.17) is 21.1 Å². The van der Waals surface area contributed by atoms with Crippen LogP contribution in [0, 0.1) is 0 Å². The lowest BCUT2D eigenvalue weighted by Crippen LogP contribution is -2.43. The van der Waals surface area contributed by atoms with E-state index in [1.165, 1.54) is 0 Å². The number of nitrogens with zero attached hydrogens (tertiary/aromatic N) is 2. The standard InChI is InChI=1S/C23H22ClN3O3/c24-17-8-9-19-16(12-17)13-18(14-30-19)25-22(28)21-20(15-6-2-1-3-7-15)23-27(26-21)10-4-5-11-29-23/h1-3,6-9,12,18H,4-5,10-11,13-14H2,(H,25,28)/t18-/m1/s1. The van der Waals surface area contributed by atoms with Crippen LogP contribution in [0.2, 0.25) is 5.02 Å². The van der Waals surface area contributed by atoms with Gasteiger partial charge in [0, 0.05) is 11.6 Å². The van der Waals surface area contributed by atoms with Crippen molar-refractivity contribution >= 4 is 17.5 Å². The first-order chi connectivity index (χ1) is 14.7. The van der Waals surface area contributed by atoms with E-state index in [1.54, 1.807) is 0 Å². The number of aromatic nitrogens is 2. The SMILES string of the molecule is O=C(N[C@H]1COc2ccc(Cl)cc2C1)c1nn2c(c1-c1ccccc1)OCCCC2. The van der Waals surface area contributed by atoms with Crippen LogP contribution in [0.25, 0.3) is 11.1 Å². The van der Waals surface area contributed by atoms with Gasteiger partial charge in [0.1, 0.15) is 12.4 Å². The van der Waals surface area contributed by atoms with Crippen molar-refractivity contribution in [2.45, 2.75) is 31.8 Å². The van der Waals surface area contributed by atoms with Gasteiger partial charge in [-0.25, -0.2) is 4.68 Å². The molecule has 6 nitrogen and oxygen atoms in total. The van der Waals surface area contributed by atoms with Crippen molar-refractivity contribution in [2.24, 2.45) is 0 Å². The molecular weight excluding hydrogens is 402 g/mol. The van der Waals surface area contributed by atoms with E-state index in [0.717, 1.165) is 41.8 Å².